The molecule has 0 aromatic heterocycles. The summed E-state index contributed by atoms with van der Waals surface area (Å²) in [6.07, 6.45) is -0.00419. The molecular weight excluding hydrogens is 351 g/mol. The minimum Gasteiger partial charge on any atom is -0.462 e. The van der Waals surface area contributed by atoms with Crippen molar-refractivity contribution >= 4 is 21.9 Å². The van der Waals surface area contributed by atoms with E-state index >= 15 is 0 Å². The smallest absolute Gasteiger partial charge is 0.338 e. The van der Waals surface area contributed by atoms with Crippen LogP contribution in [0.15, 0.2) is 59.1 Å². The molecule has 2 aromatic rings. The van der Waals surface area contributed by atoms with E-state index in [4.69, 9.17) is 4.74 Å². The summed E-state index contributed by atoms with van der Waals surface area (Å²) in [4.78, 5) is 11.9. The van der Waals surface area contributed by atoms with Crippen LogP contribution in [0.25, 0.3) is 0 Å². The molecular formula is C17H16BrFO3. The van der Waals surface area contributed by atoms with Crippen molar-refractivity contribution in [2.24, 2.45) is 0 Å². The minimum absolute atomic E-state index is 0.00419. The summed E-state index contributed by atoms with van der Waals surface area (Å²) >= 11 is 3.28. The van der Waals surface area contributed by atoms with E-state index in [1.54, 1.807) is 54.6 Å². The molecule has 0 radical (unpaired) electrons. The van der Waals surface area contributed by atoms with Crippen LogP contribution >= 0.6 is 15.9 Å². The van der Waals surface area contributed by atoms with Crippen LogP contribution in [-0.4, -0.2) is 24.4 Å². The van der Waals surface area contributed by atoms with E-state index in [1.807, 2.05) is 0 Å². The number of hydrogen-bond acceptors (Lipinski definition) is 3. The Bertz CT molecular complexity index is 616. The Hall–Kier alpha value is -1.72. The summed E-state index contributed by atoms with van der Waals surface area (Å²) in [5, 5.41) is 10.3. The molecule has 0 aliphatic heterocycles. The number of rotatable bonds is 6. The molecule has 0 amide bonds. The maximum Gasteiger partial charge on any atom is 0.338 e. The van der Waals surface area contributed by atoms with Gasteiger partial charge in [0.05, 0.1) is 12.2 Å². The first-order chi connectivity index (χ1) is 10.5. The van der Waals surface area contributed by atoms with E-state index in [0.717, 1.165) is 4.47 Å². The van der Waals surface area contributed by atoms with Gasteiger partial charge in [-0.2, -0.15) is 0 Å². The third-order valence-corrected chi connectivity index (χ3v) is 3.89. The average molecular weight is 367 g/mol. The Morgan fingerprint density at radius 3 is 2.36 bits per heavy atom. The number of benzene rings is 2. The highest BCUT2D eigenvalue weighted by molar-refractivity contribution is 9.10. The molecule has 0 aliphatic carbocycles. The highest BCUT2D eigenvalue weighted by atomic mass is 79.9. The molecule has 1 atom stereocenters. The lowest BCUT2D eigenvalue weighted by atomic mass is 9.92. The van der Waals surface area contributed by atoms with E-state index in [1.165, 1.54) is 0 Å². The highest BCUT2D eigenvalue weighted by Crippen LogP contribution is 2.25. The number of halogens is 2. The van der Waals surface area contributed by atoms with Gasteiger partial charge < -0.3 is 9.84 Å². The Balaban J connectivity index is 1.94. The number of carbonyl (C=O) groups excluding carboxylic acids is 1. The fourth-order valence-corrected chi connectivity index (χ4v) is 2.28. The summed E-state index contributed by atoms with van der Waals surface area (Å²) in [5.41, 5.74) is -0.759. The molecule has 0 unspecified atom stereocenters. The maximum absolute atomic E-state index is 13.2. The van der Waals surface area contributed by atoms with E-state index in [0.29, 0.717) is 11.1 Å². The number of ether oxygens (including phenoxy) is 1. The predicted octanol–water partition coefficient (Wildman–Crippen LogP) is 3.85. The Kier molecular flexibility index (Phi) is 5.69. The van der Waals surface area contributed by atoms with Gasteiger partial charge in [-0.1, -0.05) is 46.3 Å². The molecule has 5 heteroatoms. The summed E-state index contributed by atoms with van der Waals surface area (Å²) in [5.74, 6) is -0.498. The van der Waals surface area contributed by atoms with E-state index in [9.17, 15) is 14.3 Å². The maximum atomic E-state index is 13.2. The van der Waals surface area contributed by atoms with Crippen molar-refractivity contribution in [1.29, 1.82) is 0 Å². The predicted molar refractivity (Wildman–Crippen MR) is 85.4 cm³/mol. The van der Waals surface area contributed by atoms with Crippen LogP contribution in [-0.2, 0) is 10.3 Å². The third-order valence-electron chi connectivity index (χ3n) is 3.36. The monoisotopic (exact) mass is 366 g/mol. The van der Waals surface area contributed by atoms with Crippen LogP contribution in [0.1, 0.15) is 22.3 Å². The van der Waals surface area contributed by atoms with Crippen LogP contribution < -0.4 is 0 Å². The molecule has 0 spiro atoms. The molecule has 0 bridgehead atoms. The van der Waals surface area contributed by atoms with Crippen molar-refractivity contribution in [2.75, 3.05) is 13.3 Å². The molecule has 3 nitrogen and oxygen atoms in total. The van der Waals surface area contributed by atoms with Crippen LogP contribution in [0.2, 0.25) is 0 Å². The Labute approximate surface area is 136 Å². The minimum atomic E-state index is -1.64. The Morgan fingerprint density at radius 2 is 1.77 bits per heavy atom. The van der Waals surface area contributed by atoms with Gasteiger partial charge >= 0.3 is 5.97 Å². The van der Waals surface area contributed by atoms with Crippen molar-refractivity contribution in [2.45, 2.75) is 12.0 Å². The number of carbonyl (C=O) groups is 1. The molecule has 0 saturated carbocycles. The van der Waals surface area contributed by atoms with Gasteiger partial charge in [-0.15, -0.1) is 0 Å². The standard InChI is InChI=1S/C17H16BrFO3/c18-15-8-6-13(7-9-15)16(20)22-11-10-17(21,12-19)14-4-2-1-3-5-14/h1-9,21H,10-12H2/t17-/m0/s1. The molecule has 0 heterocycles. The van der Waals surface area contributed by atoms with Crippen LogP contribution in [0, 0.1) is 0 Å². The summed E-state index contributed by atoms with van der Waals surface area (Å²) < 4.78 is 19.2. The third kappa shape index (κ3) is 4.15. The number of hydrogen-bond donors (Lipinski definition) is 1. The zero-order chi connectivity index (χ0) is 16.0. The van der Waals surface area contributed by atoms with Gasteiger partial charge in [-0.05, 0) is 29.8 Å². The van der Waals surface area contributed by atoms with Gasteiger partial charge in [0.25, 0.3) is 0 Å². The number of aliphatic hydroxyl groups is 1. The normalized spacial score (nSPS) is 13.4. The van der Waals surface area contributed by atoms with E-state index in [-0.39, 0.29) is 13.0 Å². The van der Waals surface area contributed by atoms with Crippen LogP contribution in [0.4, 0.5) is 4.39 Å². The second-order valence-electron chi connectivity index (χ2n) is 4.92. The topological polar surface area (TPSA) is 46.5 Å². The Morgan fingerprint density at radius 1 is 1.14 bits per heavy atom. The molecule has 0 saturated heterocycles. The average Bonchev–Trinajstić information content (AvgIpc) is 2.56. The first-order valence-corrected chi connectivity index (χ1v) is 7.61. The molecule has 2 aromatic carbocycles. The lowest BCUT2D eigenvalue weighted by Gasteiger charge is -2.25. The van der Waals surface area contributed by atoms with Crippen molar-refractivity contribution < 1.29 is 19.0 Å². The molecule has 116 valence electrons. The molecule has 0 fully saturated rings. The zero-order valence-corrected chi connectivity index (χ0v) is 13.4. The zero-order valence-electron chi connectivity index (χ0n) is 11.8. The fraction of sp³-hybridized carbons (Fsp3) is 0.235. The number of esters is 1. The molecule has 0 aliphatic rings. The molecule has 1 N–H and O–H groups in total. The van der Waals surface area contributed by atoms with Gasteiger partial charge in [0.2, 0.25) is 0 Å². The van der Waals surface area contributed by atoms with Gasteiger partial charge in [-0.3, -0.25) is 0 Å². The number of alkyl halides is 1. The van der Waals surface area contributed by atoms with Gasteiger partial charge in [-0.25, -0.2) is 9.18 Å². The largest absolute Gasteiger partial charge is 0.462 e. The van der Waals surface area contributed by atoms with E-state index < -0.39 is 18.2 Å². The van der Waals surface area contributed by atoms with Crippen molar-refractivity contribution in [3.63, 3.8) is 0 Å². The second-order valence-corrected chi connectivity index (χ2v) is 5.84. The molecule has 2 rings (SSSR count). The lowest BCUT2D eigenvalue weighted by molar-refractivity contribution is -0.0175. The first-order valence-electron chi connectivity index (χ1n) is 6.82. The van der Waals surface area contributed by atoms with Gasteiger partial charge in [0, 0.05) is 10.9 Å². The van der Waals surface area contributed by atoms with Crippen molar-refractivity contribution in [3.8, 4) is 0 Å². The van der Waals surface area contributed by atoms with Crippen LogP contribution in [0.5, 0.6) is 0 Å². The van der Waals surface area contributed by atoms with Crippen LogP contribution in [0.3, 0.4) is 0 Å². The van der Waals surface area contributed by atoms with Gasteiger partial charge in [0.15, 0.2) is 0 Å². The summed E-state index contributed by atoms with van der Waals surface area (Å²) in [7, 11) is 0. The first kappa shape index (κ1) is 16.6. The van der Waals surface area contributed by atoms with Crippen molar-refractivity contribution in [1.82, 2.24) is 0 Å². The van der Waals surface area contributed by atoms with Gasteiger partial charge in [0.1, 0.15) is 12.3 Å². The summed E-state index contributed by atoms with van der Waals surface area (Å²) in [6.45, 7) is -1.00. The molecule has 22 heavy (non-hydrogen) atoms. The van der Waals surface area contributed by atoms with Crippen molar-refractivity contribution in [3.05, 3.63) is 70.2 Å². The SMILES string of the molecule is O=C(OCC[C@](O)(CF)c1ccccc1)c1ccc(Br)cc1. The highest BCUT2D eigenvalue weighted by Gasteiger charge is 2.29. The summed E-state index contributed by atoms with van der Waals surface area (Å²) in [6, 6.07) is 15.3. The fourth-order valence-electron chi connectivity index (χ4n) is 2.02. The quantitative estimate of drug-likeness (QED) is 0.789. The van der Waals surface area contributed by atoms with E-state index in [2.05, 4.69) is 15.9 Å². The second kappa shape index (κ2) is 7.51. The lowest BCUT2D eigenvalue weighted by Crippen LogP contribution is -2.30.